The molecule has 100 valence electrons. The fourth-order valence-corrected chi connectivity index (χ4v) is 3.82. The molecule has 0 unspecified atom stereocenters. The molecule has 0 spiro atoms. The number of carbonyl (C=O) groups is 1. The zero-order valence-electron chi connectivity index (χ0n) is 10.1. The zero-order chi connectivity index (χ0) is 14.3. The van der Waals surface area contributed by atoms with Crippen LogP contribution in [0.5, 0.6) is 0 Å². The summed E-state index contributed by atoms with van der Waals surface area (Å²) in [6.45, 7) is 0. The summed E-state index contributed by atoms with van der Waals surface area (Å²) in [6.07, 6.45) is 1.89. The van der Waals surface area contributed by atoms with Crippen LogP contribution in [0.15, 0.2) is 49.8 Å². The number of hydrogen-bond donors (Lipinski definition) is 1. The number of fused-ring (bicyclic) bond motifs is 1. The van der Waals surface area contributed by atoms with E-state index in [0.717, 1.165) is 30.2 Å². The average molecular weight is 458 g/mol. The first kappa shape index (κ1) is 14.0. The molecular weight excluding hydrogens is 450 g/mol. The van der Waals surface area contributed by atoms with Gasteiger partial charge in [0.05, 0.1) is 0 Å². The molecule has 0 saturated carbocycles. The van der Waals surface area contributed by atoms with E-state index in [9.17, 15) is 4.79 Å². The Kier molecular flexibility index (Phi) is 3.84. The van der Waals surface area contributed by atoms with E-state index in [1.54, 1.807) is 0 Å². The maximum absolute atomic E-state index is 12.1. The highest BCUT2D eigenvalue weighted by atomic mass is 79.9. The van der Waals surface area contributed by atoms with Crippen molar-refractivity contribution in [1.29, 1.82) is 0 Å². The van der Waals surface area contributed by atoms with Gasteiger partial charge in [-0.05, 0) is 48.0 Å². The van der Waals surface area contributed by atoms with E-state index in [1.165, 1.54) is 0 Å². The van der Waals surface area contributed by atoms with E-state index in [4.69, 9.17) is 0 Å². The standard InChI is InChI=1S/C15H8Br3NO/c16-9-1-2-14-12(7-9)13(15(20)19-14)5-8-3-10(17)6-11(18)4-8/h1-7H,(H,19,20)/b13-5-. The third-order valence-corrected chi connectivity index (χ3v) is 4.37. The molecule has 0 bridgehead atoms. The third-order valence-electron chi connectivity index (χ3n) is 2.96. The van der Waals surface area contributed by atoms with Crippen molar-refractivity contribution < 1.29 is 4.79 Å². The summed E-state index contributed by atoms with van der Waals surface area (Å²) in [7, 11) is 0. The van der Waals surface area contributed by atoms with Gasteiger partial charge in [0, 0.05) is 30.2 Å². The second-order valence-electron chi connectivity index (χ2n) is 4.40. The Hall–Kier alpha value is -0.910. The molecule has 0 fully saturated rings. The van der Waals surface area contributed by atoms with Crippen molar-refractivity contribution in [3.63, 3.8) is 0 Å². The number of amides is 1. The van der Waals surface area contributed by atoms with Crippen molar-refractivity contribution in [2.45, 2.75) is 0 Å². The highest BCUT2D eigenvalue weighted by Gasteiger charge is 2.24. The van der Waals surface area contributed by atoms with Crippen LogP contribution in [-0.4, -0.2) is 5.91 Å². The predicted octanol–water partition coefficient (Wildman–Crippen LogP) is 5.47. The molecule has 5 heteroatoms. The normalized spacial score (nSPS) is 15.3. The topological polar surface area (TPSA) is 29.1 Å². The maximum atomic E-state index is 12.1. The highest BCUT2D eigenvalue weighted by Crippen LogP contribution is 2.35. The first-order valence-electron chi connectivity index (χ1n) is 5.82. The minimum absolute atomic E-state index is 0.0748. The SMILES string of the molecule is O=C1Nc2ccc(Br)cc2/C1=C/c1cc(Br)cc(Br)c1. The lowest BCUT2D eigenvalue weighted by Crippen LogP contribution is -2.03. The Bertz CT molecular complexity index is 733. The lowest BCUT2D eigenvalue weighted by atomic mass is 10.0. The summed E-state index contributed by atoms with van der Waals surface area (Å²) in [5.74, 6) is -0.0748. The molecule has 3 rings (SSSR count). The van der Waals surface area contributed by atoms with Crippen LogP contribution >= 0.6 is 47.8 Å². The van der Waals surface area contributed by atoms with Crippen LogP contribution in [0.1, 0.15) is 11.1 Å². The van der Waals surface area contributed by atoms with Gasteiger partial charge in [-0.15, -0.1) is 0 Å². The summed E-state index contributed by atoms with van der Waals surface area (Å²) in [5.41, 5.74) is 3.40. The van der Waals surface area contributed by atoms with Crippen LogP contribution in [0.25, 0.3) is 11.6 Å². The molecule has 2 aromatic carbocycles. The van der Waals surface area contributed by atoms with E-state index in [1.807, 2.05) is 42.5 Å². The Morgan fingerprint density at radius 1 is 0.900 bits per heavy atom. The van der Waals surface area contributed by atoms with Crippen molar-refractivity contribution >= 4 is 71.0 Å². The molecule has 0 radical (unpaired) electrons. The second kappa shape index (κ2) is 5.47. The van der Waals surface area contributed by atoms with Gasteiger partial charge in [-0.3, -0.25) is 4.79 Å². The van der Waals surface area contributed by atoms with E-state index < -0.39 is 0 Å². The summed E-state index contributed by atoms with van der Waals surface area (Å²) in [5, 5.41) is 2.87. The van der Waals surface area contributed by atoms with Gasteiger partial charge in [0.15, 0.2) is 0 Å². The second-order valence-corrected chi connectivity index (χ2v) is 7.15. The molecular formula is C15H8Br3NO. The van der Waals surface area contributed by atoms with E-state index in [2.05, 4.69) is 53.1 Å². The van der Waals surface area contributed by atoms with Gasteiger partial charge in [0.1, 0.15) is 0 Å². The average Bonchev–Trinajstić information content (AvgIpc) is 2.65. The molecule has 1 N–H and O–H groups in total. The van der Waals surface area contributed by atoms with Gasteiger partial charge in [0.2, 0.25) is 0 Å². The van der Waals surface area contributed by atoms with Crippen molar-refractivity contribution in [2.75, 3.05) is 5.32 Å². The number of nitrogens with one attached hydrogen (secondary N) is 1. The van der Waals surface area contributed by atoms with Gasteiger partial charge >= 0.3 is 0 Å². The molecule has 1 aliphatic heterocycles. The summed E-state index contributed by atoms with van der Waals surface area (Å²) in [6, 6.07) is 11.7. The molecule has 0 saturated heterocycles. The minimum Gasteiger partial charge on any atom is -0.321 e. The van der Waals surface area contributed by atoms with Crippen LogP contribution in [0.2, 0.25) is 0 Å². The number of benzene rings is 2. The number of hydrogen-bond acceptors (Lipinski definition) is 1. The molecule has 0 atom stereocenters. The Morgan fingerprint density at radius 2 is 1.60 bits per heavy atom. The minimum atomic E-state index is -0.0748. The zero-order valence-corrected chi connectivity index (χ0v) is 14.8. The van der Waals surface area contributed by atoms with Crippen LogP contribution in [0, 0.1) is 0 Å². The Morgan fingerprint density at radius 3 is 2.30 bits per heavy atom. The monoisotopic (exact) mass is 455 g/mol. The molecule has 1 heterocycles. The maximum Gasteiger partial charge on any atom is 0.256 e. The molecule has 1 aliphatic rings. The third kappa shape index (κ3) is 2.75. The van der Waals surface area contributed by atoms with Crippen molar-refractivity contribution in [2.24, 2.45) is 0 Å². The Labute approximate surface area is 141 Å². The molecule has 20 heavy (non-hydrogen) atoms. The van der Waals surface area contributed by atoms with Crippen LogP contribution < -0.4 is 5.32 Å². The molecule has 2 aromatic rings. The summed E-state index contributed by atoms with van der Waals surface area (Å²) in [4.78, 5) is 12.1. The van der Waals surface area contributed by atoms with Crippen molar-refractivity contribution in [3.8, 4) is 0 Å². The van der Waals surface area contributed by atoms with Crippen molar-refractivity contribution in [1.82, 2.24) is 0 Å². The van der Waals surface area contributed by atoms with Gasteiger partial charge in [-0.2, -0.15) is 0 Å². The van der Waals surface area contributed by atoms with Gasteiger partial charge in [-0.1, -0.05) is 47.8 Å². The van der Waals surface area contributed by atoms with Crippen LogP contribution in [-0.2, 0) is 4.79 Å². The van der Waals surface area contributed by atoms with E-state index in [-0.39, 0.29) is 5.91 Å². The predicted molar refractivity (Wildman–Crippen MR) is 92.5 cm³/mol. The number of carbonyl (C=O) groups excluding carboxylic acids is 1. The summed E-state index contributed by atoms with van der Waals surface area (Å²) >= 11 is 10.3. The van der Waals surface area contributed by atoms with E-state index in [0.29, 0.717) is 5.57 Å². The van der Waals surface area contributed by atoms with Crippen molar-refractivity contribution in [3.05, 3.63) is 60.9 Å². The summed E-state index contributed by atoms with van der Waals surface area (Å²) < 4.78 is 2.88. The fraction of sp³-hybridized carbons (Fsp3) is 0. The lowest BCUT2D eigenvalue weighted by Gasteiger charge is -2.01. The van der Waals surface area contributed by atoms with E-state index >= 15 is 0 Å². The highest BCUT2D eigenvalue weighted by molar-refractivity contribution is 9.11. The molecule has 0 aliphatic carbocycles. The van der Waals surface area contributed by atoms with Gasteiger partial charge in [0.25, 0.3) is 5.91 Å². The Balaban J connectivity index is 2.12. The molecule has 2 nitrogen and oxygen atoms in total. The largest absolute Gasteiger partial charge is 0.321 e. The smallest absolute Gasteiger partial charge is 0.256 e. The molecule has 1 amide bonds. The van der Waals surface area contributed by atoms with Gasteiger partial charge < -0.3 is 5.32 Å². The van der Waals surface area contributed by atoms with Crippen LogP contribution in [0.3, 0.4) is 0 Å². The number of anilines is 1. The fourth-order valence-electron chi connectivity index (χ4n) is 2.13. The number of rotatable bonds is 1. The first-order chi connectivity index (χ1) is 9.52. The molecule has 0 aromatic heterocycles. The number of halogens is 3. The first-order valence-corrected chi connectivity index (χ1v) is 8.20. The lowest BCUT2D eigenvalue weighted by molar-refractivity contribution is -0.110. The van der Waals surface area contributed by atoms with Crippen LogP contribution in [0.4, 0.5) is 5.69 Å². The quantitative estimate of drug-likeness (QED) is 0.565. The van der Waals surface area contributed by atoms with Gasteiger partial charge in [-0.25, -0.2) is 0 Å².